The fourth-order valence-corrected chi connectivity index (χ4v) is 2.99. The summed E-state index contributed by atoms with van der Waals surface area (Å²) in [6.45, 7) is 0.812. The van der Waals surface area contributed by atoms with Crippen LogP contribution in [0.1, 0.15) is 29.5 Å². The van der Waals surface area contributed by atoms with Gasteiger partial charge in [0.05, 0.1) is 5.60 Å². The molecule has 0 spiro atoms. The molecule has 2 nitrogen and oxygen atoms in total. The van der Waals surface area contributed by atoms with E-state index in [4.69, 9.17) is 0 Å². The van der Waals surface area contributed by atoms with Gasteiger partial charge in [0.2, 0.25) is 0 Å². The second-order valence-corrected chi connectivity index (χ2v) is 5.66. The summed E-state index contributed by atoms with van der Waals surface area (Å²) in [5.41, 5.74) is 2.94. The van der Waals surface area contributed by atoms with Gasteiger partial charge < -0.3 is 10.4 Å². The molecule has 108 valence electrons. The SMILES string of the molecule is OC1(C/C=C/NCc2ccccc2)CCc2ccccc21. The van der Waals surface area contributed by atoms with Crippen molar-refractivity contribution in [3.63, 3.8) is 0 Å². The number of fused-ring (bicyclic) bond motifs is 1. The van der Waals surface area contributed by atoms with Crippen LogP contribution in [-0.4, -0.2) is 5.11 Å². The van der Waals surface area contributed by atoms with Crippen LogP contribution in [0.15, 0.2) is 66.9 Å². The van der Waals surface area contributed by atoms with Crippen molar-refractivity contribution in [2.24, 2.45) is 0 Å². The molecule has 2 aromatic rings. The molecular formula is C19H21NO. The van der Waals surface area contributed by atoms with Gasteiger partial charge in [-0.25, -0.2) is 0 Å². The van der Waals surface area contributed by atoms with Gasteiger partial charge in [-0.3, -0.25) is 0 Å². The number of hydrogen-bond acceptors (Lipinski definition) is 2. The van der Waals surface area contributed by atoms with Crippen LogP contribution in [0.5, 0.6) is 0 Å². The molecule has 0 saturated carbocycles. The number of aliphatic hydroxyl groups is 1. The van der Waals surface area contributed by atoms with Crippen molar-refractivity contribution in [3.05, 3.63) is 83.6 Å². The smallest absolute Gasteiger partial charge is 0.0937 e. The molecule has 2 N–H and O–H groups in total. The average molecular weight is 279 g/mol. The minimum absolute atomic E-state index is 0.659. The minimum Gasteiger partial charge on any atom is -0.387 e. The van der Waals surface area contributed by atoms with Gasteiger partial charge in [0.1, 0.15) is 0 Å². The van der Waals surface area contributed by atoms with Gasteiger partial charge >= 0.3 is 0 Å². The van der Waals surface area contributed by atoms with E-state index in [1.807, 2.05) is 48.7 Å². The van der Waals surface area contributed by atoms with Crippen LogP contribution in [0.2, 0.25) is 0 Å². The predicted octanol–water partition coefficient (Wildman–Crippen LogP) is 3.51. The third kappa shape index (κ3) is 3.17. The average Bonchev–Trinajstić information content (AvgIpc) is 2.86. The quantitative estimate of drug-likeness (QED) is 0.878. The maximum Gasteiger partial charge on any atom is 0.0937 e. The Kier molecular flexibility index (Phi) is 4.07. The monoisotopic (exact) mass is 279 g/mol. The lowest BCUT2D eigenvalue weighted by atomic mass is 9.92. The van der Waals surface area contributed by atoms with E-state index in [2.05, 4.69) is 23.5 Å². The molecule has 1 unspecified atom stereocenters. The second kappa shape index (κ2) is 6.15. The molecule has 0 bridgehead atoms. The molecule has 0 aromatic heterocycles. The molecule has 3 rings (SSSR count). The lowest BCUT2D eigenvalue weighted by molar-refractivity contribution is 0.0417. The van der Waals surface area contributed by atoms with Gasteiger partial charge in [-0.15, -0.1) is 0 Å². The summed E-state index contributed by atoms with van der Waals surface area (Å²) in [4.78, 5) is 0. The van der Waals surface area contributed by atoms with Crippen molar-refractivity contribution >= 4 is 0 Å². The molecule has 1 aliphatic carbocycles. The van der Waals surface area contributed by atoms with E-state index in [1.165, 1.54) is 11.1 Å². The summed E-state index contributed by atoms with van der Waals surface area (Å²) in [7, 11) is 0. The Bertz CT molecular complexity index is 620. The van der Waals surface area contributed by atoms with Crippen molar-refractivity contribution in [2.75, 3.05) is 0 Å². The van der Waals surface area contributed by atoms with Crippen LogP contribution in [0.25, 0.3) is 0 Å². The first kappa shape index (κ1) is 13.9. The van der Waals surface area contributed by atoms with Gasteiger partial charge in [0.15, 0.2) is 0 Å². The topological polar surface area (TPSA) is 32.3 Å². The molecular weight excluding hydrogens is 258 g/mol. The zero-order valence-electron chi connectivity index (χ0n) is 12.1. The van der Waals surface area contributed by atoms with Crippen LogP contribution in [0.3, 0.4) is 0 Å². The Morgan fingerprint density at radius 2 is 1.81 bits per heavy atom. The maximum absolute atomic E-state index is 10.8. The van der Waals surface area contributed by atoms with Crippen molar-refractivity contribution in [3.8, 4) is 0 Å². The zero-order valence-corrected chi connectivity index (χ0v) is 12.1. The molecule has 0 saturated heterocycles. The van der Waals surface area contributed by atoms with Gasteiger partial charge in [0, 0.05) is 13.0 Å². The first-order chi connectivity index (χ1) is 10.3. The van der Waals surface area contributed by atoms with Crippen LogP contribution in [0.4, 0.5) is 0 Å². The Hall–Kier alpha value is -2.06. The standard InChI is InChI=1S/C19H21NO/c21-19(13-11-17-9-4-5-10-18(17)19)12-6-14-20-15-16-7-2-1-3-8-16/h1-10,14,20-21H,11-13,15H2/b14-6+. The first-order valence-corrected chi connectivity index (χ1v) is 7.51. The highest BCUT2D eigenvalue weighted by Crippen LogP contribution is 2.39. The zero-order chi connectivity index (χ0) is 14.5. The van der Waals surface area contributed by atoms with E-state index >= 15 is 0 Å². The summed E-state index contributed by atoms with van der Waals surface area (Å²) in [6.07, 6.45) is 6.43. The van der Waals surface area contributed by atoms with E-state index in [0.717, 1.165) is 24.9 Å². The van der Waals surface area contributed by atoms with Gasteiger partial charge in [-0.2, -0.15) is 0 Å². The van der Waals surface area contributed by atoms with E-state index in [1.54, 1.807) is 0 Å². The number of rotatable bonds is 5. The largest absolute Gasteiger partial charge is 0.387 e. The van der Waals surface area contributed by atoms with Gasteiger partial charge in [-0.1, -0.05) is 60.7 Å². The molecule has 1 aliphatic rings. The van der Waals surface area contributed by atoms with E-state index in [-0.39, 0.29) is 0 Å². The van der Waals surface area contributed by atoms with Crippen LogP contribution >= 0.6 is 0 Å². The molecule has 0 amide bonds. The van der Waals surface area contributed by atoms with E-state index < -0.39 is 5.60 Å². The number of nitrogens with one attached hydrogen (secondary N) is 1. The summed E-state index contributed by atoms with van der Waals surface area (Å²) in [5, 5.41) is 14.1. The lowest BCUT2D eigenvalue weighted by Crippen LogP contribution is -2.21. The Morgan fingerprint density at radius 3 is 2.67 bits per heavy atom. The number of aryl methyl sites for hydroxylation is 1. The minimum atomic E-state index is -0.693. The molecule has 0 heterocycles. The van der Waals surface area contributed by atoms with Crippen LogP contribution < -0.4 is 5.32 Å². The van der Waals surface area contributed by atoms with Crippen molar-refractivity contribution in [1.82, 2.24) is 5.32 Å². The number of benzene rings is 2. The fraction of sp³-hybridized carbons (Fsp3) is 0.263. The van der Waals surface area contributed by atoms with Crippen molar-refractivity contribution in [1.29, 1.82) is 0 Å². The summed E-state index contributed by atoms with van der Waals surface area (Å²) in [6, 6.07) is 18.5. The Labute approximate surface area is 126 Å². The number of hydrogen-bond donors (Lipinski definition) is 2. The Morgan fingerprint density at radius 1 is 1.05 bits per heavy atom. The second-order valence-electron chi connectivity index (χ2n) is 5.66. The van der Waals surface area contributed by atoms with Gasteiger partial charge in [-0.05, 0) is 35.7 Å². The fourth-order valence-electron chi connectivity index (χ4n) is 2.99. The summed E-state index contributed by atoms with van der Waals surface area (Å²) < 4.78 is 0. The summed E-state index contributed by atoms with van der Waals surface area (Å²) >= 11 is 0. The van der Waals surface area contributed by atoms with E-state index in [9.17, 15) is 5.11 Å². The predicted molar refractivity (Wildman–Crippen MR) is 85.7 cm³/mol. The first-order valence-electron chi connectivity index (χ1n) is 7.51. The van der Waals surface area contributed by atoms with Crippen LogP contribution in [-0.2, 0) is 18.6 Å². The Balaban J connectivity index is 1.55. The van der Waals surface area contributed by atoms with Crippen LogP contribution in [0, 0.1) is 0 Å². The molecule has 0 aliphatic heterocycles. The highest BCUT2D eigenvalue weighted by atomic mass is 16.3. The highest BCUT2D eigenvalue weighted by Gasteiger charge is 2.34. The summed E-state index contributed by atoms with van der Waals surface area (Å²) in [5.74, 6) is 0. The maximum atomic E-state index is 10.8. The molecule has 1 atom stereocenters. The third-order valence-electron chi connectivity index (χ3n) is 4.17. The van der Waals surface area contributed by atoms with Crippen molar-refractivity contribution < 1.29 is 5.11 Å². The normalized spacial score (nSPS) is 20.6. The third-order valence-corrected chi connectivity index (χ3v) is 4.17. The molecule has 0 radical (unpaired) electrons. The van der Waals surface area contributed by atoms with Crippen molar-refractivity contribution in [2.45, 2.75) is 31.4 Å². The molecule has 2 heteroatoms. The van der Waals surface area contributed by atoms with E-state index in [0.29, 0.717) is 6.42 Å². The molecule has 21 heavy (non-hydrogen) atoms. The molecule has 0 fully saturated rings. The lowest BCUT2D eigenvalue weighted by Gasteiger charge is -2.22. The highest BCUT2D eigenvalue weighted by molar-refractivity contribution is 5.37. The molecule has 2 aromatic carbocycles. The van der Waals surface area contributed by atoms with Gasteiger partial charge in [0.25, 0.3) is 0 Å².